The highest BCUT2D eigenvalue weighted by Crippen LogP contribution is 2.61. The summed E-state index contributed by atoms with van der Waals surface area (Å²) in [5, 5.41) is 3.83. The zero-order chi connectivity index (χ0) is 29.9. The Bertz CT molecular complexity index is 1210. The molecule has 1 aromatic carbocycles. The Morgan fingerprint density at radius 1 is 0.435 bits per heavy atom. The lowest BCUT2D eigenvalue weighted by Gasteiger charge is -2.53. The van der Waals surface area contributed by atoms with E-state index in [-0.39, 0.29) is 0 Å². The second-order valence-corrected chi connectivity index (χ2v) is 21.3. The molecule has 10 aliphatic rings. The second kappa shape index (κ2) is 11.7. The van der Waals surface area contributed by atoms with E-state index in [1.807, 2.05) is 0 Å². The van der Waals surface area contributed by atoms with Crippen LogP contribution in [-0.4, -0.2) is 67.1 Å². The van der Waals surface area contributed by atoms with Gasteiger partial charge in [0.05, 0.1) is 0 Å². The third kappa shape index (κ3) is 4.49. The standard InChI is InChI=1S/C42H60N2S2/c1-3-14-37-35(12-1)43-33-20-18-27(23-31(33)29-10-6-16-39(45-37)41(29)43)25-8-5-9-26(22-25)28-19-21-34-32(24-28)30-11-7-17-40-42(30)44(34)36-13-2-4-15-38(36)46-40/h5,8-9,22,27-42H,1-4,6-7,10-21,23-24H2. The molecule has 16 unspecified atom stereocenters. The molecule has 6 aliphatic carbocycles. The Morgan fingerprint density at radius 2 is 0.913 bits per heavy atom. The summed E-state index contributed by atoms with van der Waals surface area (Å²) in [7, 11) is 0. The molecule has 11 rings (SSSR count). The Balaban J connectivity index is 0.829. The summed E-state index contributed by atoms with van der Waals surface area (Å²) in [6.07, 6.45) is 30.0. The van der Waals surface area contributed by atoms with Gasteiger partial charge in [-0.1, -0.05) is 62.8 Å². The molecule has 4 saturated heterocycles. The first-order valence-corrected chi connectivity index (χ1v) is 22.6. The summed E-state index contributed by atoms with van der Waals surface area (Å²) in [5.41, 5.74) is 3.48. The summed E-state index contributed by atoms with van der Waals surface area (Å²) in [6.45, 7) is 0. The van der Waals surface area contributed by atoms with E-state index in [1.54, 1.807) is 11.1 Å². The minimum absolute atomic E-state index is 0.814. The lowest BCUT2D eigenvalue weighted by atomic mass is 9.67. The van der Waals surface area contributed by atoms with Crippen molar-refractivity contribution in [3.05, 3.63) is 35.4 Å². The van der Waals surface area contributed by atoms with Crippen LogP contribution < -0.4 is 0 Å². The zero-order valence-electron chi connectivity index (χ0n) is 28.4. The van der Waals surface area contributed by atoms with Gasteiger partial charge >= 0.3 is 0 Å². The van der Waals surface area contributed by atoms with E-state index < -0.39 is 0 Å². The number of rotatable bonds is 2. The Labute approximate surface area is 288 Å². The molecule has 1 aromatic rings. The molecule has 0 spiro atoms. The van der Waals surface area contributed by atoms with Crippen molar-refractivity contribution in [3.63, 3.8) is 0 Å². The molecule has 4 heteroatoms. The molecule has 0 amide bonds. The fourth-order valence-corrected chi connectivity index (χ4v) is 19.1. The van der Waals surface area contributed by atoms with E-state index in [0.29, 0.717) is 0 Å². The summed E-state index contributed by atoms with van der Waals surface area (Å²) in [5.74, 6) is 5.58. The van der Waals surface area contributed by atoms with E-state index in [4.69, 9.17) is 0 Å². The van der Waals surface area contributed by atoms with Gasteiger partial charge in [-0.2, -0.15) is 23.5 Å². The van der Waals surface area contributed by atoms with Crippen LogP contribution in [0.3, 0.4) is 0 Å². The van der Waals surface area contributed by atoms with Crippen molar-refractivity contribution in [2.45, 2.75) is 198 Å². The van der Waals surface area contributed by atoms with Crippen LogP contribution in [0.5, 0.6) is 0 Å². The van der Waals surface area contributed by atoms with Crippen molar-refractivity contribution in [3.8, 4) is 0 Å². The number of benzene rings is 1. The molecule has 2 nitrogen and oxygen atoms in total. The highest BCUT2D eigenvalue weighted by molar-refractivity contribution is 8.00. The molecule has 6 saturated carbocycles. The van der Waals surface area contributed by atoms with Gasteiger partial charge in [-0.15, -0.1) is 0 Å². The first kappa shape index (κ1) is 29.6. The van der Waals surface area contributed by atoms with Gasteiger partial charge in [-0.25, -0.2) is 0 Å². The Kier molecular flexibility index (Phi) is 7.52. The van der Waals surface area contributed by atoms with Gasteiger partial charge in [0, 0.05) is 57.3 Å². The number of hydrogen-bond donors (Lipinski definition) is 0. The lowest BCUT2D eigenvalue weighted by molar-refractivity contribution is 0.0604. The summed E-state index contributed by atoms with van der Waals surface area (Å²) in [6, 6.07) is 16.0. The maximum absolute atomic E-state index is 3.25. The Morgan fingerprint density at radius 3 is 1.43 bits per heavy atom. The van der Waals surface area contributed by atoms with Crippen LogP contribution in [0, 0.1) is 23.7 Å². The predicted molar refractivity (Wildman–Crippen MR) is 195 cm³/mol. The van der Waals surface area contributed by atoms with Crippen molar-refractivity contribution in [2.75, 3.05) is 0 Å². The third-order valence-corrected chi connectivity index (χ3v) is 20.2. The van der Waals surface area contributed by atoms with E-state index in [0.717, 1.165) is 92.8 Å². The lowest BCUT2D eigenvalue weighted by Crippen LogP contribution is -2.59. The fourth-order valence-electron chi connectivity index (χ4n) is 15.1. The van der Waals surface area contributed by atoms with Crippen molar-refractivity contribution >= 4 is 23.5 Å². The SMILES string of the molecule is c1cc(C2CCC3C(C2)C2CCCC4SC5CCCCC5N3C42)cc(C2CCC3C(C2)C2CCCC4SC5CCCCC5N3C42)c1. The third-order valence-electron chi connectivity index (χ3n) is 16.6. The monoisotopic (exact) mass is 656 g/mol. The zero-order valence-corrected chi connectivity index (χ0v) is 30.0. The van der Waals surface area contributed by atoms with Crippen LogP contribution >= 0.6 is 23.5 Å². The molecule has 0 bridgehead atoms. The molecule has 4 heterocycles. The number of thioether (sulfide) groups is 2. The molecule has 0 radical (unpaired) electrons. The number of hydrogen-bond acceptors (Lipinski definition) is 4. The first-order valence-electron chi connectivity index (χ1n) is 20.8. The topological polar surface area (TPSA) is 6.48 Å². The second-order valence-electron chi connectivity index (χ2n) is 18.3. The fraction of sp³-hybridized carbons (Fsp3) is 0.857. The molecular weight excluding hydrogens is 597 g/mol. The normalized spacial score (nSPS) is 52.9. The van der Waals surface area contributed by atoms with Gasteiger partial charge in [-0.05, 0) is 137 Å². The molecule has 46 heavy (non-hydrogen) atoms. The number of nitrogens with zero attached hydrogens (tertiary/aromatic N) is 2. The van der Waals surface area contributed by atoms with Crippen LogP contribution in [0.4, 0.5) is 0 Å². The molecule has 16 atom stereocenters. The van der Waals surface area contributed by atoms with Crippen LogP contribution in [0.2, 0.25) is 0 Å². The number of fused-ring (bicyclic) bond motifs is 10. The average molecular weight is 657 g/mol. The van der Waals surface area contributed by atoms with Gasteiger partial charge in [-0.3, -0.25) is 9.80 Å². The maximum atomic E-state index is 3.25. The summed E-state index contributed by atoms with van der Waals surface area (Å²) < 4.78 is 0. The summed E-state index contributed by atoms with van der Waals surface area (Å²) in [4.78, 5) is 6.51. The van der Waals surface area contributed by atoms with Crippen molar-refractivity contribution in [1.29, 1.82) is 0 Å². The predicted octanol–water partition coefficient (Wildman–Crippen LogP) is 10.0. The van der Waals surface area contributed by atoms with Crippen molar-refractivity contribution in [2.24, 2.45) is 23.7 Å². The Hall–Kier alpha value is -0.160. The quantitative estimate of drug-likeness (QED) is 0.312. The van der Waals surface area contributed by atoms with Crippen molar-refractivity contribution < 1.29 is 0 Å². The summed E-state index contributed by atoms with van der Waals surface area (Å²) >= 11 is 4.97. The van der Waals surface area contributed by atoms with E-state index in [2.05, 4.69) is 57.6 Å². The van der Waals surface area contributed by atoms with E-state index in [1.165, 1.54) is 128 Å². The minimum Gasteiger partial charge on any atom is -0.292 e. The van der Waals surface area contributed by atoms with Crippen molar-refractivity contribution in [1.82, 2.24) is 9.80 Å². The molecular formula is C42H60N2S2. The molecule has 0 aromatic heterocycles. The van der Waals surface area contributed by atoms with Crippen LogP contribution in [0.1, 0.15) is 151 Å². The molecule has 10 fully saturated rings. The van der Waals surface area contributed by atoms with E-state index >= 15 is 0 Å². The highest BCUT2D eigenvalue weighted by atomic mass is 32.2. The molecule has 0 N–H and O–H groups in total. The maximum Gasteiger partial charge on any atom is 0.0252 e. The van der Waals surface area contributed by atoms with Gasteiger partial charge in [0.1, 0.15) is 0 Å². The van der Waals surface area contributed by atoms with E-state index in [9.17, 15) is 0 Å². The van der Waals surface area contributed by atoms with Gasteiger partial charge in [0.2, 0.25) is 0 Å². The molecule has 4 aliphatic heterocycles. The van der Waals surface area contributed by atoms with Crippen LogP contribution in [0.15, 0.2) is 24.3 Å². The smallest absolute Gasteiger partial charge is 0.0252 e. The van der Waals surface area contributed by atoms with Crippen LogP contribution in [-0.2, 0) is 0 Å². The van der Waals surface area contributed by atoms with Gasteiger partial charge in [0.25, 0.3) is 0 Å². The molecule has 250 valence electrons. The van der Waals surface area contributed by atoms with Gasteiger partial charge < -0.3 is 0 Å². The highest BCUT2D eigenvalue weighted by Gasteiger charge is 2.61. The minimum atomic E-state index is 0.814. The van der Waals surface area contributed by atoms with Crippen LogP contribution in [0.25, 0.3) is 0 Å². The average Bonchev–Trinajstić information content (AvgIpc) is 3.63. The first-order chi connectivity index (χ1) is 22.8. The largest absolute Gasteiger partial charge is 0.292 e. The van der Waals surface area contributed by atoms with Gasteiger partial charge in [0.15, 0.2) is 0 Å².